The molecule has 1 aromatic carbocycles. The number of carbonyl (C=O) groups excluding carboxylic acids is 1. The largest absolute Gasteiger partial charge is 0.275 e. The molecule has 1 aromatic rings. The van der Waals surface area contributed by atoms with Gasteiger partial charge in [-0.3, -0.25) is 4.79 Å². The van der Waals surface area contributed by atoms with Crippen LogP contribution in [0.15, 0.2) is 16.6 Å². The average Bonchev–Trinajstić information content (AvgIpc) is 1.96. The fourth-order valence-corrected chi connectivity index (χ4v) is 1.27. The van der Waals surface area contributed by atoms with Gasteiger partial charge in [-0.2, -0.15) is 0 Å². The van der Waals surface area contributed by atoms with E-state index in [1.807, 2.05) is 0 Å². The van der Waals surface area contributed by atoms with E-state index in [0.29, 0.717) is 0 Å². The van der Waals surface area contributed by atoms with Crippen LogP contribution in [0.2, 0.25) is 0 Å². The van der Waals surface area contributed by atoms with Crippen LogP contribution in [0.25, 0.3) is 0 Å². The summed E-state index contributed by atoms with van der Waals surface area (Å²) in [6.45, 7) is 0. The van der Waals surface area contributed by atoms with Gasteiger partial charge < -0.3 is 0 Å². The van der Waals surface area contributed by atoms with E-state index in [0.717, 1.165) is 12.1 Å². The van der Waals surface area contributed by atoms with Crippen LogP contribution in [-0.2, 0) is 0 Å². The quantitative estimate of drug-likeness (QED) is 0.557. The molecule has 0 N–H and O–H groups in total. The minimum atomic E-state index is -1.22. The SMILES string of the molecule is O=C(Cl)c1cc(Br)cc(F)c1F. The molecule has 0 bridgehead atoms. The third kappa shape index (κ3) is 1.81. The van der Waals surface area contributed by atoms with Gasteiger partial charge >= 0.3 is 0 Å². The topological polar surface area (TPSA) is 17.1 Å². The van der Waals surface area contributed by atoms with Crippen molar-refractivity contribution >= 4 is 32.8 Å². The zero-order chi connectivity index (χ0) is 9.30. The van der Waals surface area contributed by atoms with Crippen molar-refractivity contribution < 1.29 is 13.6 Å². The summed E-state index contributed by atoms with van der Waals surface area (Å²) in [5.74, 6) is -2.33. The molecule has 0 saturated carbocycles. The van der Waals surface area contributed by atoms with Gasteiger partial charge in [0.2, 0.25) is 0 Å². The van der Waals surface area contributed by atoms with Crippen LogP contribution >= 0.6 is 27.5 Å². The smallest absolute Gasteiger partial charge is 0.255 e. The maximum absolute atomic E-state index is 12.7. The van der Waals surface area contributed by atoms with Crippen molar-refractivity contribution in [3.63, 3.8) is 0 Å². The molecule has 12 heavy (non-hydrogen) atoms. The predicted molar refractivity (Wildman–Crippen MR) is 44.2 cm³/mol. The monoisotopic (exact) mass is 254 g/mol. The molecule has 0 aliphatic heterocycles. The molecular formula is C7H2BrClF2O. The van der Waals surface area contributed by atoms with Crippen LogP contribution in [0.5, 0.6) is 0 Å². The Kier molecular flexibility index (Phi) is 2.80. The molecule has 0 radical (unpaired) electrons. The Morgan fingerprint density at radius 1 is 1.42 bits per heavy atom. The molecule has 0 spiro atoms. The van der Waals surface area contributed by atoms with Crippen LogP contribution in [-0.4, -0.2) is 5.24 Å². The summed E-state index contributed by atoms with van der Waals surface area (Å²) in [4.78, 5) is 10.5. The fraction of sp³-hybridized carbons (Fsp3) is 0. The standard InChI is InChI=1S/C7H2BrClF2O/c8-3-1-4(7(9)12)6(11)5(10)2-3/h1-2H. The van der Waals surface area contributed by atoms with Crippen molar-refractivity contribution in [2.45, 2.75) is 0 Å². The van der Waals surface area contributed by atoms with Gasteiger partial charge in [0.25, 0.3) is 5.24 Å². The van der Waals surface area contributed by atoms with Gasteiger partial charge in [-0.15, -0.1) is 0 Å². The molecule has 0 aliphatic rings. The third-order valence-electron chi connectivity index (χ3n) is 1.20. The van der Waals surface area contributed by atoms with Crippen molar-refractivity contribution in [1.82, 2.24) is 0 Å². The lowest BCUT2D eigenvalue weighted by Crippen LogP contribution is -1.97. The first-order valence-corrected chi connectivity index (χ1v) is 4.04. The molecule has 0 atom stereocenters. The number of hydrogen-bond donors (Lipinski definition) is 0. The number of halogens is 4. The van der Waals surface area contributed by atoms with Gasteiger partial charge in [-0.25, -0.2) is 8.78 Å². The molecule has 64 valence electrons. The molecule has 0 amide bonds. The van der Waals surface area contributed by atoms with Gasteiger partial charge in [-0.05, 0) is 23.7 Å². The molecule has 1 nitrogen and oxygen atoms in total. The maximum atomic E-state index is 12.7. The maximum Gasteiger partial charge on any atom is 0.255 e. The van der Waals surface area contributed by atoms with Gasteiger partial charge in [0.1, 0.15) is 0 Å². The molecule has 0 unspecified atom stereocenters. The summed E-state index contributed by atoms with van der Waals surface area (Å²) in [6, 6.07) is 2.03. The summed E-state index contributed by atoms with van der Waals surface area (Å²) in [6.07, 6.45) is 0. The Morgan fingerprint density at radius 2 is 2.00 bits per heavy atom. The van der Waals surface area contributed by atoms with E-state index < -0.39 is 22.4 Å². The summed E-state index contributed by atoms with van der Waals surface area (Å²) < 4.78 is 25.6. The lowest BCUT2D eigenvalue weighted by molar-refractivity contribution is 0.107. The third-order valence-corrected chi connectivity index (χ3v) is 1.87. The highest BCUT2D eigenvalue weighted by molar-refractivity contribution is 9.10. The lowest BCUT2D eigenvalue weighted by Gasteiger charge is -1.98. The Hall–Kier alpha value is -0.480. The molecule has 1 rings (SSSR count). The van der Waals surface area contributed by atoms with E-state index in [9.17, 15) is 13.6 Å². The highest BCUT2D eigenvalue weighted by atomic mass is 79.9. The van der Waals surface area contributed by atoms with Gasteiger partial charge in [0.05, 0.1) is 5.56 Å². The fourth-order valence-electron chi connectivity index (χ4n) is 0.699. The minimum absolute atomic E-state index is 0.269. The Bertz CT molecular complexity index is 340. The summed E-state index contributed by atoms with van der Waals surface area (Å²) >= 11 is 7.88. The van der Waals surface area contributed by atoms with E-state index in [1.54, 1.807) is 0 Å². The summed E-state index contributed by atoms with van der Waals surface area (Å²) in [5, 5.41) is -1.02. The number of hydrogen-bond acceptors (Lipinski definition) is 1. The van der Waals surface area contributed by atoms with Gasteiger partial charge in [0.15, 0.2) is 11.6 Å². The Balaban J connectivity index is 3.37. The molecule has 0 fully saturated rings. The average molecular weight is 255 g/mol. The van der Waals surface area contributed by atoms with E-state index in [-0.39, 0.29) is 4.47 Å². The second-order valence-electron chi connectivity index (χ2n) is 2.02. The van der Waals surface area contributed by atoms with E-state index in [2.05, 4.69) is 15.9 Å². The molecule has 0 aliphatic carbocycles. The number of benzene rings is 1. The lowest BCUT2D eigenvalue weighted by atomic mass is 10.2. The highest BCUT2D eigenvalue weighted by Gasteiger charge is 2.14. The van der Waals surface area contributed by atoms with Crippen LogP contribution in [0.4, 0.5) is 8.78 Å². The summed E-state index contributed by atoms with van der Waals surface area (Å²) in [5.41, 5.74) is -0.469. The summed E-state index contributed by atoms with van der Waals surface area (Å²) in [7, 11) is 0. The molecule has 0 saturated heterocycles. The molecule has 0 aromatic heterocycles. The van der Waals surface area contributed by atoms with Crippen LogP contribution < -0.4 is 0 Å². The van der Waals surface area contributed by atoms with E-state index in [4.69, 9.17) is 11.6 Å². The van der Waals surface area contributed by atoms with Crippen LogP contribution in [0, 0.1) is 11.6 Å². The Labute approximate surface area is 80.5 Å². The van der Waals surface area contributed by atoms with E-state index >= 15 is 0 Å². The second-order valence-corrected chi connectivity index (χ2v) is 3.28. The van der Waals surface area contributed by atoms with Crippen molar-refractivity contribution in [2.75, 3.05) is 0 Å². The van der Waals surface area contributed by atoms with Crippen molar-refractivity contribution in [3.8, 4) is 0 Å². The molecule has 0 heterocycles. The van der Waals surface area contributed by atoms with Gasteiger partial charge in [0, 0.05) is 4.47 Å². The normalized spacial score (nSPS) is 10.0. The minimum Gasteiger partial charge on any atom is -0.275 e. The Morgan fingerprint density at radius 3 is 2.50 bits per heavy atom. The zero-order valence-corrected chi connectivity index (χ0v) is 7.92. The first-order valence-electron chi connectivity index (χ1n) is 2.86. The van der Waals surface area contributed by atoms with Gasteiger partial charge in [-0.1, -0.05) is 15.9 Å². The van der Waals surface area contributed by atoms with Crippen molar-refractivity contribution in [1.29, 1.82) is 0 Å². The zero-order valence-electron chi connectivity index (χ0n) is 5.57. The molecule has 5 heteroatoms. The van der Waals surface area contributed by atoms with Crippen LogP contribution in [0.1, 0.15) is 10.4 Å². The highest BCUT2D eigenvalue weighted by Crippen LogP contribution is 2.20. The van der Waals surface area contributed by atoms with E-state index in [1.165, 1.54) is 0 Å². The number of carbonyl (C=O) groups is 1. The first kappa shape index (κ1) is 9.61. The van der Waals surface area contributed by atoms with Crippen molar-refractivity contribution in [3.05, 3.63) is 33.8 Å². The predicted octanol–water partition coefficient (Wildman–Crippen LogP) is 3.11. The number of rotatable bonds is 1. The van der Waals surface area contributed by atoms with Crippen LogP contribution in [0.3, 0.4) is 0 Å². The first-order chi connectivity index (χ1) is 5.52. The van der Waals surface area contributed by atoms with Crippen molar-refractivity contribution in [2.24, 2.45) is 0 Å². The molecular weight excluding hydrogens is 253 g/mol. The second kappa shape index (κ2) is 3.49.